The first-order chi connectivity index (χ1) is 8.99. The molecule has 0 radical (unpaired) electrons. The zero-order valence-corrected chi connectivity index (χ0v) is 11.5. The van der Waals surface area contributed by atoms with Crippen LogP contribution < -0.4 is 0 Å². The van der Waals surface area contributed by atoms with Crippen LogP contribution in [0.15, 0.2) is 12.1 Å². The molecule has 0 spiro atoms. The van der Waals surface area contributed by atoms with Gasteiger partial charge in [-0.3, -0.25) is 4.79 Å². The van der Waals surface area contributed by atoms with Crippen LogP contribution in [0.4, 0.5) is 0 Å². The molecule has 1 heterocycles. The van der Waals surface area contributed by atoms with Crippen LogP contribution in [-0.4, -0.2) is 42.0 Å². The third kappa shape index (κ3) is 4.30. The largest absolute Gasteiger partial charge is 0.466 e. The fraction of sp³-hybridized carbons (Fsp3) is 0.500. The molecule has 2 N–H and O–H groups in total. The van der Waals surface area contributed by atoms with E-state index in [1.54, 1.807) is 6.92 Å². The maximum Gasteiger partial charge on any atom is 0.348 e. The Kier molecular flexibility index (Phi) is 5.94. The van der Waals surface area contributed by atoms with E-state index in [0.717, 1.165) is 11.3 Å². The van der Waals surface area contributed by atoms with E-state index in [2.05, 4.69) is 9.47 Å². The molecule has 2 atom stereocenters. The molecule has 6 nitrogen and oxygen atoms in total. The molecule has 0 aromatic carbocycles. The smallest absolute Gasteiger partial charge is 0.348 e. The second-order valence-corrected chi connectivity index (χ2v) is 4.83. The van der Waals surface area contributed by atoms with Gasteiger partial charge in [0, 0.05) is 4.88 Å². The van der Waals surface area contributed by atoms with Crippen LogP contribution in [0, 0.1) is 0 Å². The van der Waals surface area contributed by atoms with Gasteiger partial charge >= 0.3 is 11.9 Å². The van der Waals surface area contributed by atoms with Crippen LogP contribution in [0.25, 0.3) is 0 Å². The summed E-state index contributed by atoms with van der Waals surface area (Å²) < 4.78 is 9.22. The molecule has 7 heteroatoms. The fourth-order valence-corrected chi connectivity index (χ4v) is 2.38. The number of thiophene rings is 1. The predicted octanol–water partition coefficient (Wildman–Crippen LogP) is 0.882. The summed E-state index contributed by atoms with van der Waals surface area (Å²) in [5, 5.41) is 19.6. The zero-order chi connectivity index (χ0) is 14.4. The highest BCUT2D eigenvalue weighted by atomic mass is 32.1. The van der Waals surface area contributed by atoms with Crippen LogP contribution in [0.1, 0.15) is 34.0 Å². The molecule has 1 aromatic rings. The Labute approximate surface area is 114 Å². The molecular formula is C12H16O6S. The summed E-state index contributed by atoms with van der Waals surface area (Å²) in [6.07, 6.45) is -2.82. The van der Waals surface area contributed by atoms with Gasteiger partial charge in [0.2, 0.25) is 0 Å². The number of hydrogen-bond acceptors (Lipinski definition) is 7. The highest BCUT2D eigenvalue weighted by Crippen LogP contribution is 2.27. The first-order valence-corrected chi connectivity index (χ1v) is 6.51. The lowest BCUT2D eigenvalue weighted by Crippen LogP contribution is -2.22. The van der Waals surface area contributed by atoms with E-state index < -0.39 is 24.1 Å². The van der Waals surface area contributed by atoms with Gasteiger partial charge in [-0.25, -0.2) is 4.79 Å². The number of hydrogen-bond donors (Lipinski definition) is 2. The molecule has 0 aliphatic carbocycles. The SMILES string of the molecule is CCOC(=O)CC(O)C(O)c1ccc(C(=O)OC)s1. The Morgan fingerprint density at radius 1 is 1.37 bits per heavy atom. The van der Waals surface area contributed by atoms with Crippen molar-refractivity contribution in [2.45, 2.75) is 25.6 Å². The quantitative estimate of drug-likeness (QED) is 0.755. The van der Waals surface area contributed by atoms with Crippen molar-refractivity contribution >= 4 is 23.3 Å². The number of carbonyl (C=O) groups is 2. The summed E-state index contributed by atoms with van der Waals surface area (Å²) in [6, 6.07) is 3.00. The number of carbonyl (C=O) groups excluding carboxylic acids is 2. The van der Waals surface area contributed by atoms with Crippen LogP contribution >= 0.6 is 11.3 Å². The summed E-state index contributed by atoms with van der Waals surface area (Å²) in [5.74, 6) is -1.10. The number of esters is 2. The average molecular weight is 288 g/mol. The van der Waals surface area contributed by atoms with E-state index in [9.17, 15) is 19.8 Å². The molecule has 0 aliphatic rings. The third-order valence-corrected chi connectivity index (χ3v) is 3.49. The Morgan fingerprint density at radius 3 is 2.63 bits per heavy atom. The molecule has 0 bridgehead atoms. The summed E-state index contributed by atoms with van der Waals surface area (Å²) in [5.41, 5.74) is 0. The van der Waals surface area contributed by atoms with Crippen molar-refractivity contribution in [3.8, 4) is 0 Å². The number of rotatable bonds is 6. The third-order valence-electron chi connectivity index (χ3n) is 2.35. The average Bonchev–Trinajstić information content (AvgIpc) is 2.86. The number of aliphatic hydroxyl groups excluding tert-OH is 2. The molecule has 1 rings (SSSR count). The van der Waals surface area contributed by atoms with Gasteiger partial charge in [0.05, 0.1) is 26.2 Å². The molecule has 0 saturated heterocycles. The van der Waals surface area contributed by atoms with Crippen molar-refractivity contribution in [2.75, 3.05) is 13.7 Å². The molecule has 0 aliphatic heterocycles. The highest BCUT2D eigenvalue weighted by molar-refractivity contribution is 7.14. The van der Waals surface area contributed by atoms with Gasteiger partial charge in [-0.15, -0.1) is 11.3 Å². The second-order valence-electron chi connectivity index (χ2n) is 3.71. The van der Waals surface area contributed by atoms with E-state index >= 15 is 0 Å². The summed E-state index contributed by atoms with van der Waals surface area (Å²) in [6.45, 7) is 1.87. The van der Waals surface area contributed by atoms with E-state index in [-0.39, 0.29) is 13.0 Å². The molecule has 2 unspecified atom stereocenters. The maximum absolute atomic E-state index is 11.3. The van der Waals surface area contributed by atoms with Crippen molar-refractivity contribution in [3.63, 3.8) is 0 Å². The van der Waals surface area contributed by atoms with Gasteiger partial charge in [0.15, 0.2) is 0 Å². The molecule has 106 valence electrons. The van der Waals surface area contributed by atoms with Crippen molar-refractivity contribution in [1.29, 1.82) is 0 Å². The Morgan fingerprint density at radius 2 is 2.05 bits per heavy atom. The summed E-state index contributed by atoms with van der Waals surface area (Å²) in [4.78, 5) is 23.1. The van der Waals surface area contributed by atoms with E-state index in [0.29, 0.717) is 9.75 Å². The molecule has 19 heavy (non-hydrogen) atoms. The normalized spacial score (nSPS) is 13.7. The minimum Gasteiger partial charge on any atom is -0.466 e. The Bertz CT molecular complexity index is 441. The first kappa shape index (κ1) is 15.6. The first-order valence-electron chi connectivity index (χ1n) is 5.69. The van der Waals surface area contributed by atoms with E-state index in [4.69, 9.17) is 0 Å². The predicted molar refractivity (Wildman–Crippen MR) is 67.9 cm³/mol. The maximum atomic E-state index is 11.3. The van der Waals surface area contributed by atoms with Gasteiger partial charge < -0.3 is 19.7 Å². The molecular weight excluding hydrogens is 272 g/mol. The number of methoxy groups -OCH3 is 1. The van der Waals surface area contributed by atoms with Crippen molar-refractivity contribution < 1.29 is 29.3 Å². The van der Waals surface area contributed by atoms with Crippen LogP contribution in [-0.2, 0) is 14.3 Å². The topological polar surface area (TPSA) is 93.1 Å². The highest BCUT2D eigenvalue weighted by Gasteiger charge is 2.24. The lowest BCUT2D eigenvalue weighted by molar-refractivity contribution is -0.147. The van der Waals surface area contributed by atoms with E-state index in [1.807, 2.05) is 0 Å². The van der Waals surface area contributed by atoms with Gasteiger partial charge in [0.1, 0.15) is 11.0 Å². The molecule has 0 saturated carbocycles. The summed E-state index contributed by atoms with van der Waals surface area (Å²) in [7, 11) is 1.26. The van der Waals surface area contributed by atoms with Gasteiger partial charge in [0.25, 0.3) is 0 Å². The monoisotopic (exact) mass is 288 g/mol. The van der Waals surface area contributed by atoms with Crippen molar-refractivity contribution in [3.05, 3.63) is 21.9 Å². The number of ether oxygens (including phenoxy) is 2. The van der Waals surface area contributed by atoms with Gasteiger partial charge in [-0.05, 0) is 19.1 Å². The Hall–Kier alpha value is -1.44. The van der Waals surface area contributed by atoms with Crippen molar-refractivity contribution in [2.24, 2.45) is 0 Å². The summed E-state index contributed by atoms with van der Waals surface area (Å²) >= 11 is 1.01. The van der Waals surface area contributed by atoms with Crippen LogP contribution in [0.3, 0.4) is 0 Å². The van der Waals surface area contributed by atoms with Gasteiger partial charge in [-0.2, -0.15) is 0 Å². The van der Waals surface area contributed by atoms with Crippen LogP contribution in [0.5, 0.6) is 0 Å². The molecule has 1 aromatic heterocycles. The lowest BCUT2D eigenvalue weighted by atomic mass is 10.1. The second kappa shape index (κ2) is 7.22. The Balaban J connectivity index is 2.66. The standard InChI is InChI=1S/C12H16O6S/c1-3-18-10(14)6-7(13)11(15)8-4-5-9(19-8)12(16)17-2/h4-5,7,11,13,15H,3,6H2,1-2H3. The zero-order valence-electron chi connectivity index (χ0n) is 10.7. The molecule has 0 fully saturated rings. The minimum atomic E-state index is -1.27. The van der Waals surface area contributed by atoms with Crippen LogP contribution in [0.2, 0.25) is 0 Å². The fourth-order valence-electron chi connectivity index (χ4n) is 1.41. The molecule has 0 amide bonds. The van der Waals surface area contributed by atoms with Crippen molar-refractivity contribution in [1.82, 2.24) is 0 Å². The number of aliphatic hydroxyl groups is 2. The minimum absolute atomic E-state index is 0.215. The van der Waals surface area contributed by atoms with E-state index in [1.165, 1.54) is 19.2 Å². The van der Waals surface area contributed by atoms with Gasteiger partial charge in [-0.1, -0.05) is 0 Å². The lowest BCUT2D eigenvalue weighted by Gasteiger charge is -2.15.